The predicted octanol–water partition coefficient (Wildman–Crippen LogP) is 6.69. The molecule has 44 heavy (non-hydrogen) atoms. The molecule has 19 heteroatoms. The van der Waals surface area contributed by atoms with Crippen molar-refractivity contribution in [1.82, 2.24) is 9.80 Å². The minimum Gasteiger partial charge on any atom is -0.465 e. The average molecular weight is 723 g/mol. The van der Waals surface area contributed by atoms with Crippen LogP contribution in [-0.2, 0) is 23.1 Å². The number of carbonyl (C=O) groups is 1. The van der Waals surface area contributed by atoms with Crippen LogP contribution in [0.3, 0.4) is 0 Å². The van der Waals surface area contributed by atoms with Crippen molar-refractivity contribution in [3.8, 4) is 0 Å². The number of nitrogens with zero attached hydrogens (tertiary/aromatic N) is 2. The lowest BCUT2D eigenvalue weighted by atomic mass is 9.91. The Morgan fingerprint density at radius 3 is 1.20 bits per heavy atom. The van der Waals surface area contributed by atoms with Gasteiger partial charge in [-0.15, -0.1) is 0 Å². The highest BCUT2D eigenvalue weighted by molar-refractivity contribution is 9.08. The van der Waals surface area contributed by atoms with E-state index in [1.165, 1.54) is 4.90 Å². The van der Waals surface area contributed by atoms with Crippen molar-refractivity contribution in [3.05, 3.63) is 70.8 Å². The number of aliphatic hydroxyl groups is 2. The van der Waals surface area contributed by atoms with Crippen LogP contribution >= 0.6 is 15.9 Å². The second-order valence-corrected chi connectivity index (χ2v) is 10.0. The van der Waals surface area contributed by atoms with Crippen molar-refractivity contribution in [1.29, 1.82) is 0 Å². The molecule has 2 aromatic rings. The molecule has 0 unspecified atom stereocenters. The molecule has 1 amide bonds. The summed E-state index contributed by atoms with van der Waals surface area (Å²) in [6.45, 7) is 1.54. The number of benzene rings is 2. The van der Waals surface area contributed by atoms with Crippen molar-refractivity contribution in [3.63, 3.8) is 0 Å². The Morgan fingerprint density at radius 2 is 0.932 bits per heavy atom. The molecule has 3 N–H and O–H groups in total. The molecule has 2 aromatic carbocycles. The average Bonchev–Trinajstić information content (AvgIpc) is 2.91. The molecule has 0 radical (unpaired) electrons. The van der Waals surface area contributed by atoms with Crippen molar-refractivity contribution in [2.75, 3.05) is 26.2 Å². The van der Waals surface area contributed by atoms with Gasteiger partial charge in [-0.05, 0) is 11.1 Å². The fourth-order valence-corrected chi connectivity index (χ4v) is 4.39. The Morgan fingerprint density at radius 1 is 0.614 bits per heavy atom. The number of hydrogen-bond acceptors (Lipinski definition) is 4. The number of piperazine rings is 1. The highest BCUT2D eigenvalue weighted by Gasteiger charge is 2.72. The molecule has 0 aromatic heterocycles. The molecule has 1 fully saturated rings. The van der Waals surface area contributed by atoms with Gasteiger partial charge in [0.25, 0.3) is 11.2 Å². The summed E-state index contributed by atoms with van der Waals surface area (Å²) in [5, 5.41) is 27.5. The summed E-state index contributed by atoms with van der Waals surface area (Å²) in [4.78, 5) is 13.9. The first-order valence-corrected chi connectivity index (χ1v) is 13.2. The van der Waals surface area contributed by atoms with E-state index in [4.69, 9.17) is 10.2 Å². The second kappa shape index (κ2) is 13.3. The van der Waals surface area contributed by atoms with Crippen LogP contribution in [0.5, 0.6) is 0 Å². The van der Waals surface area contributed by atoms with Gasteiger partial charge in [-0.1, -0.05) is 64.5 Å². The van der Waals surface area contributed by atoms with E-state index < -0.39 is 53.1 Å². The smallest absolute Gasteiger partial charge is 0.430 e. The van der Waals surface area contributed by atoms with Crippen LogP contribution in [0.2, 0.25) is 0 Å². The fourth-order valence-electron chi connectivity index (χ4n) is 4.02. The lowest BCUT2D eigenvalue weighted by molar-refractivity contribution is -0.376. The van der Waals surface area contributed by atoms with Gasteiger partial charge in [0, 0.05) is 49.2 Å². The number of alkyl halides is 13. The Kier molecular flexibility index (Phi) is 11.3. The lowest BCUT2D eigenvalue weighted by Crippen LogP contribution is -2.53. The standard InChI is InChI=1S/C15H16F6N2O3.C10H7BrF6O/c16-14(17,18)13(26,15(19,20)21)11-3-1-10(2-4-11)9-22-5-7-23(8-6-22)12(24)25;11-5-6-1-3-7(4-2-6)8(18,9(12,13)14)10(15,16)17/h1-4,26H,5-9H2,(H,24,25);1-4,18H,5H2. The highest BCUT2D eigenvalue weighted by atomic mass is 79.9. The third-order valence-electron chi connectivity index (χ3n) is 6.59. The molecule has 1 aliphatic rings. The van der Waals surface area contributed by atoms with E-state index in [2.05, 4.69) is 15.9 Å². The zero-order chi connectivity index (χ0) is 33.9. The fraction of sp³-hybridized carbons (Fsp3) is 0.480. The maximum Gasteiger partial charge on any atom is 0.430 e. The minimum absolute atomic E-state index is 0.240. The molecular weight excluding hydrogens is 700 g/mol. The minimum atomic E-state index is -5.92. The maximum absolute atomic E-state index is 12.8. The summed E-state index contributed by atoms with van der Waals surface area (Å²) >= 11 is 3.00. The van der Waals surface area contributed by atoms with Crippen LogP contribution in [0.4, 0.5) is 57.5 Å². The topological polar surface area (TPSA) is 84.2 Å². The van der Waals surface area contributed by atoms with E-state index in [1.54, 1.807) is 0 Å². The van der Waals surface area contributed by atoms with Crippen LogP contribution in [0.15, 0.2) is 48.5 Å². The Bertz CT molecular complexity index is 1210. The van der Waals surface area contributed by atoms with Crippen LogP contribution in [-0.4, -0.2) is 82.1 Å². The molecule has 1 saturated heterocycles. The molecule has 6 nitrogen and oxygen atoms in total. The van der Waals surface area contributed by atoms with Crippen LogP contribution in [0, 0.1) is 0 Å². The molecule has 0 atom stereocenters. The Labute approximate surface area is 249 Å². The first-order chi connectivity index (χ1) is 19.9. The monoisotopic (exact) mass is 722 g/mol. The van der Waals surface area contributed by atoms with E-state index in [1.807, 2.05) is 4.90 Å². The Hall–Kier alpha value is -2.77. The molecule has 0 aliphatic carbocycles. The maximum atomic E-state index is 12.8. The molecule has 0 bridgehead atoms. The third kappa shape index (κ3) is 7.89. The van der Waals surface area contributed by atoms with Gasteiger partial charge in [0.2, 0.25) is 0 Å². The van der Waals surface area contributed by atoms with Crippen molar-refractivity contribution in [2.24, 2.45) is 0 Å². The van der Waals surface area contributed by atoms with Gasteiger partial charge in [-0.2, -0.15) is 52.7 Å². The molecule has 1 heterocycles. The third-order valence-corrected chi connectivity index (χ3v) is 7.24. The number of rotatable bonds is 5. The van der Waals surface area contributed by atoms with Crippen LogP contribution in [0.1, 0.15) is 22.3 Å². The largest absolute Gasteiger partial charge is 0.465 e. The van der Waals surface area contributed by atoms with Gasteiger partial charge < -0.3 is 20.2 Å². The molecule has 3 rings (SSSR count). The van der Waals surface area contributed by atoms with E-state index in [-0.39, 0.29) is 25.0 Å². The quantitative estimate of drug-likeness (QED) is 0.237. The molecule has 0 saturated carbocycles. The van der Waals surface area contributed by atoms with E-state index in [9.17, 15) is 62.6 Å². The van der Waals surface area contributed by atoms with Crippen molar-refractivity contribution in [2.45, 2.75) is 47.8 Å². The van der Waals surface area contributed by atoms with Crippen LogP contribution < -0.4 is 0 Å². The zero-order valence-electron chi connectivity index (χ0n) is 21.9. The zero-order valence-corrected chi connectivity index (χ0v) is 23.5. The first-order valence-electron chi connectivity index (χ1n) is 12.1. The summed E-state index contributed by atoms with van der Waals surface area (Å²) < 4.78 is 152. The normalized spacial score (nSPS) is 15.9. The molecule has 1 aliphatic heterocycles. The number of halogens is 13. The lowest BCUT2D eigenvalue weighted by Gasteiger charge is -2.34. The number of amides is 1. The summed E-state index contributed by atoms with van der Waals surface area (Å²) in [5.41, 5.74) is -11.4. The molecule has 248 valence electrons. The van der Waals surface area contributed by atoms with Gasteiger partial charge in [0.15, 0.2) is 0 Å². The summed E-state index contributed by atoms with van der Waals surface area (Å²) in [5.74, 6) is 0. The van der Waals surface area contributed by atoms with Gasteiger partial charge in [0.1, 0.15) is 0 Å². The van der Waals surface area contributed by atoms with E-state index in [0.29, 0.717) is 48.5 Å². The summed E-state index contributed by atoms with van der Waals surface area (Å²) in [6, 6.07) is 6.74. The van der Waals surface area contributed by atoms with Gasteiger partial charge >= 0.3 is 30.8 Å². The highest BCUT2D eigenvalue weighted by Crippen LogP contribution is 2.51. The Balaban J connectivity index is 0.000000329. The van der Waals surface area contributed by atoms with E-state index >= 15 is 0 Å². The SMILES string of the molecule is O=C(O)N1CCN(Cc2ccc(C(O)(C(F)(F)F)C(F)(F)F)cc2)CC1.OC(c1ccc(CBr)cc1)(C(F)(F)F)C(F)(F)F. The van der Waals surface area contributed by atoms with Crippen molar-refractivity contribution >= 4 is 22.0 Å². The summed E-state index contributed by atoms with van der Waals surface area (Å²) in [7, 11) is 0. The summed E-state index contributed by atoms with van der Waals surface area (Å²) in [6.07, 6.45) is -24.6. The van der Waals surface area contributed by atoms with Gasteiger partial charge in [-0.3, -0.25) is 4.90 Å². The van der Waals surface area contributed by atoms with Crippen LogP contribution in [0.25, 0.3) is 0 Å². The number of hydrogen-bond donors (Lipinski definition) is 3. The number of carboxylic acid groups (broad SMARTS) is 1. The van der Waals surface area contributed by atoms with E-state index in [0.717, 1.165) is 24.3 Å². The molecule has 0 spiro atoms. The van der Waals surface area contributed by atoms with Gasteiger partial charge in [0.05, 0.1) is 0 Å². The van der Waals surface area contributed by atoms with Crippen molar-refractivity contribution < 1.29 is 72.8 Å². The molecular formula is C25H23BrF12N2O4. The van der Waals surface area contributed by atoms with Gasteiger partial charge in [-0.25, -0.2) is 4.79 Å². The predicted molar refractivity (Wildman–Crippen MR) is 132 cm³/mol. The second-order valence-electron chi connectivity index (χ2n) is 9.49. The first kappa shape index (κ1) is 37.4.